The molecular formula is C13H24N2O4S. The molecular weight excluding hydrogens is 280 g/mol. The first kappa shape index (κ1) is 15.7. The Labute approximate surface area is 121 Å². The molecule has 1 spiro atoms. The van der Waals surface area contributed by atoms with Crippen LogP contribution in [0.4, 0.5) is 0 Å². The molecule has 20 heavy (non-hydrogen) atoms. The van der Waals surface area contributed by atoms with Gasteiger partial charge in [-0.2, -0.15) is 0 Å². The van der Waals surface area contributed by atoms with E-state index in [0.29, 0.717) is 32.7 Å². The van der Waals surface area contributed by atoms with Crippen LogP contribution in [0.2, 0.25) is 0 Å². The molecule has 2 saturated heterocycles. The predicted molar refractivity (Wildman–Crippen MR) is 75.8 cm³/mol. The van der Waals surface area contributed by atoms with E-state index in [0.717, 1.165) is 25.8 Å². The van der Waals surface area contributed by atoms with Crippen LogP contribution in [0.25, 0.3) is 0 Å². The molecule has 0 aromatic rings. The summed E-state index contributed by atoms with van der Waals surface area (Å²) < 4.78 is 29.8. The van der Waals surface area contributed by atoms with Crippen LogP contribution in [-0.2, 0) is 19.6 Å². The second-order valence-electron chi connectivity index (χ2n) is 5.83. The minimum absolute atomic E-state index is 0.185. The highest BCUT2D eigenvalue weighted by atomic mass is 32.2. The van der Waals surface area contributed by atoms with Crippen LogP contribution >= 0.6 is 0 Å². The van der Waals surface area contributed by atoms with Gasteiger partial charge in [-0.05, 0) is 25.7 Å². The van der Waals surface area contributed by atoms with Crippen LogP contribution in [-0.4, -0.2) is 69.7 Å². The van der Waals surface area contributed by atoms with Crippen molar-refractivity contribution in [1.82, 2.24) is 9.21 Å². The van der Waals surface area contributed by atoms with Crippen LogP contribution in [0.5, 0.6) is 0 Å². The first-order valence-corrected chi connectivity index (χ1v) is 8.97. The van der Waals surface area contributed by atoms with Crippen LogP contribution < -0.4 is 0 Å². The van der Waals surface area contributed by atoms with E-state index in [2.05, 4.69) is 0 Å². The lowest BCUT2D eigenvalue weighted by Gasteiger charge is -2.26. The molecule has 2 fully saturated rings. The highest BCUT2D eigenvalue weighted by molar-refractivity contribution is 7.88. The summed E-state index contributed by atoms with van der Waals surface area (Å²) in [6.07, 6.45) is 4.28. The van der Waals surface area contributed by atoms with Crippen molar-refractivity contribution in [2.45, 2.75) is 25.7 Å². The maximum Gasteiger partial charge on any atom is 0.228 e. The number of methoxy groups -OCH3 is 1. The minimum atomic E-state index is -3.15. The van der Waals surface area contributed by atoms with Crippen molar-refractivity contribution in [3.63, 3.8) is 0 Å². The zero-order chi connectivity index (χ0) is 14.8. The first-order chi connectivity index (χ1) is 9.39. The standard InChI is InChI=1S/C13H24N2O4S/c1-19-11-10-14-8-5-13(12(14)16)4-3-7-15(9-6-13)20(2,17)18/h3-11H2,1-2H3/t13-/m1/s1. The molecule has 116 valence electrons. The van der Waals surface area contributed by atoms with Gasteiger partial charge in [0.25, 0.3) is 0 Å². The van der Waals surface area contributed by atoms with E-state index in [1.54, 1.807) is 7.11 Å². The third kappa shape index (κ3) is 3.15. The van der Waals surface area contributed by atoms with Crippen LogP contribution in [0.15, 0.2) is 0 Å². The molecule has 0 aromatic carbocycles. The third-order valence-corrected chi connectivity index (χ3v) is 5.84. The van der Waals surface area contributed by atoms with Gasteiger partial charge >= 0.3 is 0 Å². The topological polar surface area (TPSA) is 66.9 Å². The summed E-state index contributed by atoms with van der Waals surface area (Å²) in [6, 6.07) is 0. The molecule has 0 radical (unpaired) electrons. The van der Waals surface area contributed by atoms with Gasteiger partial charge in [0.1, 0.15) is 0 Å². The van der Waals surface area contributed by atoms with Crippen molar-refractivity contribution in [2.24, 2.45) is 5.41 Å². The molecule has 0 unspecified atom stereocenters. The van der Waals surface area contributed by atoms with E-state index in [4.69, 9.17) is 4.74 Å². The van der Waals surface area contributed by atoms with E-state index < -0.39 is 10.0 Å². The Morgan fingerprint density at radius 2 is 1.90 bits per heavy atom. The molecule has 6 nitrogen and oxygen atoms in total. The third-order valence-electron chi connectivity index (χ3n) is 4.54. The predicted octanol–water partition coefficient (Wildman–Crippen LogP) is 0.297. The van der Waals surface area contributed by atoms with E-state index in [-0.39, 0.29) is 11.3 Å². The summed E-state index contributed by atoms with van der Waals surface area (Å²) in [6.45, 7) is 2.94. The summed E-state index contributed by atoms with van der Waals surface area (Å²) >= 11 is 0. The van der Waals surface area contributed by atoms with Crippen molar-refractivity contribution < 1.29 is 17.9 Å². The Morgan fingerprint density at radius 3 is 2.55 bits per heavy atom. The molecule has 0 aliphatic carbocycles. The zero-order valence-electron chi connectivity index (χ0n) is 12.3. The first-order valence-electron chi connectivity index (χ1n) is 7.12. The van der Waals surface area contributed by atoms with Crippen molar-refractivity contribution in [3.05, 3.63) is 0 Å². The fourth-order valence-electron chi connectivity index (χ4n) is 3.27. The molecule has 0 saturated carbocycles. The van der Waals surface area contributed by atoms with Gasteiger partial charge in [-0.1, -0.05) is 0 Å². The number of likely N-dealkylation sites (tertiary alicyclic amines) is 1. The van der Waals surface area contributed by atoms with Gasteiger partial charge in [0.05, 0.1) is 18.3 Å². The molecule has 2 heterocycles. The lowest BCUT2D eigenvalue weighted by Crippen LogP contribution is -2.37. The van der Waals surface area contributed by atoms with Gasteiger partial charge in [0.15, 0.2) is 0 Å². The van der Waals surface area contributed by atoms with E-state index in [9.17, 15) is 13.2 Å². The number of carbonyl (C=O) groups is 1. The number of hydrogen-bond acceptors (Lipinski definition) is 4. The Balaban J connectivity index is 2.04. The van der Waals surface area contributed by atoms with Gasteiger partial charge in [-0.15, -0.1) is 0 Å². The summed E-state index contributed by atoms with van der Waals surface area (Å²) in [5.74, 6) is 0.185. The lowest BCUT2D eigenvalue weighted by atomic mass is 9.79. The van der Waals surface area contributed by atoms with E-state index >= 15 is 0 Å². The normalized spacial score (nSPS) is 29.1. The molecule has 0 bridgehead atoms. The minimum Gasteiger partial charge on any atom is -0.383 e. The van der Waals surface area contributed by atoms with E-state index in [1.165, 1.54) is 10.6 Å². The van der Waals surface area contributed by atoms with Gasteiger partial charge in [0, 0.05) is 33.3 Å². The van der Waals surface area contributed by atoms with Gasteiger partial charge < -0.3 is 9.64 Å². The molecule has 7 heteroatoms. The molecule has 2 rings (SSSR count). The molecule has 1 amide bonds. The fourth-order valence-corrected chi connectivity index (χ4v) is 4.16. The Hall–Kier alpha value is -0.660. The highest BCUT2D eigenvalue weighted by Crippen LogP contribution is 2.41. The maximum atomic E-state index is 12.6. The van der Waals surface area contributed by atoms with Crippen LogP contribution in [0.1, 0.15) is 25.7 Å². The monoisotopic (exact) mass is 304 g/mol. The Kier molecular flexibility index (Phi) is 4.71. The Bertz CT molecular complexity index is 465. The lowest BCUT2D eigenvalue weighted by molar-refractivity contribution is -0.137. The summed E-state index contributed by atoms with van der Waals surface area (Å²) in [4.78, 5) is 14.5. The number of sulfonamides is 1. The number of carbonyl (C=O) groups excluding carboxylic acids is 1. The van der Waals surface area contributed by atoms with E-state index in [1.807, 2.05) is 4.90 Å². The second-order valence-corrected chi connectivity index (χ2v) is 7.81. The number of amides is 1. The highest BCUT2D eigenvalue weighted by Gasteiger charge is 2.47. The summed E-state index contributed by atoms with van der Waals surface area (Å²) in [5.41, 5.74) is -0.340. The molecule has 0 N–H and O–H groups in total. The largest absolute Gasteiger partial charge is 0.383 e. The molecule has 2 aliphatic rings. The van der Waals surface area contributed by atoms with Crippen LogP contribution in [0, 0.1) is 5.41 Å². The average Bonchev–Trinajstić information content (AvgIpc) is 2.57. The SMILES string of the molecule is COCCN1CC[C@@]2(CCCN(S(C)(=O)=O)CC2)C1=O. The number of ether oxygens (including phenoxy) is 1. The summed E-state index contributed by atoms with van der Waals surface area (Å²) in [5, 5.41) is 0. The Morgan fingerprint density at radius 1 is 1.20 bits per heavy atom. The number of rotatable bonds is 4. The zero-order valence-corrected chi connectivity index (χ0v) is 13.1. The maximum absolute atomic E-state index is 12.6. The number of nitrogens with zero attached hydrogens (tertiary/aromatic N) is 2. The van der Waals surface area contributed by atoms with Crippen molar-refractivity contribution >= 4 is 15.9 Å². The van der Waals surface area contributed by atoms with Crippen LogP contribution in [0.3, 0.4) is 0 Å². The molecule has 1 atom stereocenters. The average molecular weight is 304 g/mol. The summed E-state index contributed by atoms with van der Waals surface area (Å²) in [7, 11) is -1.52. The van der Waals surface area contributed by atoms with Crippen molar-refractivity contribution in [3.8, 4) is 0 Å². The van der Waals surface area contributed by atoms with Gasteiger partial charge in [-0.25, -0.2) is 12.7 Å². The second kappa shape index (κ2) is 5.99. The molecule has 0 aromatic heterocycles. The van der Waals surface area contributed by atoms with Gasteiger partial charge in [0.2, 0.25) is 15.9 Å². The van der Waals surface area contributed by atoms with Crippen molar-refractivity contribution in [2.75, 3.05) is 46.2 Å². The quantitative estimate of drug-likeness (QED) is 0.749. The smallest absolute Gasteiger partial charge is 0.228 e. The van der Waals surface area contributed by atoms with Gasteiger partial charge in [-0.3, -0.25) is 4.79 Å². The number of hydrogen-bond donors (Lipinski definition) is 0. The fraction of sp³-hybridized carbons (Fsp3) is 0.923. The van der Waals surface area contributed by atoms with Crippen molar-refractivity contribution in [1.29, 1.82) is 0 Å². The molecule has 2 aliphatic heterocycles.